The van der Waals surface area contributed by atoms with Gasteiger partial charge in [-0.1, -0.05) is 15.9 Å². The van der Waals surface area contributed by atoms with Crippen molar-refractivity contribution in [2.75, 3.05) is 30.9 Å². The van der Waals surface area contributed by atoms with Gasteiger partial charge in [-0.2, -0.15) is 11.8 Å². The highest BCUT2D eigenvalue weighted by Gasteiger charge is 2.06. The van der Waals surface area contributed by atoms with Crippen LogP contribution in [-0.2, 0) is 0 Å². The molecule has 0 rings (SSSR count). The molecule has 0 aromatic heterocycles. The van der Waals surface area contributed by atoms with E-state index in [4.69, 9.17) is 0 Å². The van der Waals surface area contributed by atoms with Gasteiger partial charge in [0.1, 0.15) is 0 Å². The van der Waals surface area contributed by atoms with Crippen LogP contribution in [0.25, 0.3) is 0 Å². The summed E-state index contributed by atoms with van der Waals surface area (Å²) in [5.74, 6) is 1.27. The molecule has 0 saturated heterocycles. The Balaban J connectivity index is 3.38. The van der Waals surface area contributed by atoms with Crippen LogP contribution in [0.15, 0.2) is 0 Å². The molecular weight excluding hydrogens is 222 g/mol. The zero-order valence-corrected chi connectivity index (χ0v) is 10.0. The van der Waals surface area contributed by atoms with Crippen molar-refractivity contribution in [2.45, 2.75) is 19.4 Å². The van der Waals surface area contributed by atoms with E-state index in [1.165, 1.54) is 12.2 Å². The molecule has 3 heteroatoms. The second-order valence-corrected chi connectivity index (χ2v) is 4.58. The Kier molecular flexibility index (Phi) is 7.97. The van der Waals surface area contributed by atoms with E-state index in [0.29, 0.717) is 0 Å². The molecule has 0 radical (unpaired) electrons. The van der Waals surface area contributed by atoms with Gasteiger partial charge in [0.2, 0.25) is 0 Å². The van der Waals surface area contributed by atoms with Gasteiger partial charge in [0.05, 0.1) is 0 Å². The molecule has 0 aliphatic carbocycles. The van der Waals surface area contributed by atoms with Gasteiger partial charge >= 0.3 is 0 Å². The molecule has 1 unspecified atom stereocenters. The highest BCUT2D eigenvalue weighted by atomic mass is 79.9. The van der Waals surface area contributed by atoms with Crippen molar-refractivity contribution >= 4 is 27.7 Å². The Morgan fingerprint density at radius 2 is 2.18 bits per heavy atom. The summed E-state index contributed by atoms with van der Waals surface area (Å²) in [6.07, 6.45) is 3.46. The number of alkyl halides is 1. The predicted octanol–water partition coefficient (Wildman–Crippen LogP) is 2.45. The summed E-state index contributed by atoms with van der Waals surface area (Å²) in [6.45, 7) is 3.44. The minimum atomic E-state index is 0.722. The molecule has 0 N–H and O–H groups in total. The molecule has 0 aromatic carbocycles. The van der Waals surface area contributed by atoms with Crippen molar-refractivity contribution in [3.8, 4) is 0 Å². The van der Waals surface area contributed by atoms with Crippen LogP contribution in [0.3, 0.4) is 0 Å². The first-order valence-corrected chi connectivity index (χ1v) is 6.49. The molecule has 0 heterocycles. The second kappa shape index (κ2) is 7.44. The zero-order chi connectivity index (χ0) is 8.69. The molecule has 0 aliphatic heterocycles. The van der Waals surface area contributed by atoms with E-state index in [-0.39, 0.29) is 0 Å². The van der Waals surface area contributed by atoms with E-state index in [1.54, 1.807) is 0 Å². The minimum absolute atomic E-state index is 0.722. The number of nitrogens with zero attached hydrogens (tertiary/aromatic N) is 1. The third kappa shape index (κ3) is 6.00. The van der Waals surface area contributed by atoms with Crippen LogP contribution in [0.1, 0.15) is 13.3 Å². The van der Waals surface area contributed by atoms with E-state index in [0.717, 1.165) is 17.9 Å². The van der Waals surface area contributed by atoms with E-state index >= 15 is 0 Å². The van der Waals surface area contributed by atoms with Crippen LogP contribution in [-0.4, -0.2) is 41.9 Å². The third-order valence-corrected chi connectivity index (χ3v) is 2.93. The zero-order valence-electron chi connectivity index (χ0n) is 7.64. The molecule has 68 valence electrons. The van der Waals surface area contributed by atoms with E-state index in [2.05, 4.69) is 41.1 Å². The van der Waals surface area contributed by atoms with E-state index < -0.39 is 0 Å². The summed E-state index contributed by atoms with van der Waals surface area (Å²) < 4.78 is 0. The highest BCUT2D eigenvalue weighted by Crippen LogP contribution is 2.05. The highest BCUT2D eigenvalue weighted by molar-refractivity contribution is 9.09. The first kappa shape index (κ1) is 11.8. The number of thioether (sulfide) groups is 1. The van der Waals surface area contributed by atoms with Gasteiger partial charge in [-0.05, 0) is 32.4 Å². The number of hydrogen-bond donors (Lipinski definition) is 0. The topological polar surface area (TPSA) is 3.24 Å². The van der Waals surface area contributed by atoms with E-state index in [1.807, 2.05) is 11.8 Å². The molecule has 0 saturated carbocycles. The SMILES string of the molecule is CSCCC(C)N(C)CCBr. The fourth-order valence-electron chi connectivity index (χ4n) is 0.862. The standard InChI is InChI=1S/C8H18BrNS/c1-8(4-7-11-3)10(2)6-5-9/h8H,4-7H2,1-3H3. The van der Waals surface area contributed by atoms with Crippen molar-refractivity contribution in [1.29, 1.82) is 0 Å². The summed E-state index contributed by atoms with van der Waals surface area (Å²) in [7, 11) is 2.19. The molecule has 0 bridgehead atoms. The lowest BCUT2D eigenvalue weighted by Gasteiger charge is -2.23. The van der Waals surface area contributed by atoms with Gasteiger partial charge in [-0.25, -0.2) is 0 Å². The molecule has 1 nitrogen and oxygen atoms in total. The minimum Gasteiger partial charge on any atom is -0.303 e. The lowest BCUT2D eigenvalue weighted by atomic mass is 10.2. The van der Waals surface area contributed by atoms with Gasteiger partial charge in [0.25, 0.3) is 0 Å². The maximum Gasteiger partial charge on any atom is 0.0159 e. The van der Waals surface area contributed by atoms with Gasteiger partial charge in [-0.15, -0.1) is 0 Å². The van der Waals surface area contributed by atoms with E-state index in [9.17, 15) is 0 Å². The number of halogens is 1. The molecule has 0 aliphatic rings. The summed E-state index contributed by atoms with van der Waals surface area (Å²) in [4.78, 5) is 2.39. The number of rotatable bonds is 6. The van der Waals surface area contributed by atoms with Crippen LogP contribution < -0.4 is 0 Å². The number of hydrogen-bond acceptors (Lipinski definition) is 2. The van der Waals surface area contributed by atoms with Crippen LogP contribution >= 0.6 is 27.7 Å². The summed E-state index contributed by atoms with van der Waals surface area (Å²) in [5.41, 5.74) is 0. The first-order valence-electron chi connectivity index (χ1n) is 3.97. The Hall–Kier alpha value is 0.790. The molecular formula is C8H18BrNS. The molecule has 0 amide bonds. The maximum atomic E-state index is 3.44. The molecule has 0 spiro atoms. The van der Waals surface area contributed by atoms with Gasteiger partial charge in [0, 0.05) is 17.9 Å². The normalized spacial score (nSPS) is 13.9. The smallest absolute Gasteiger partial charge is 0.0159 e. The van der Waals surface area contributed by atoms with Crippen molar-refractivity contribution in [2.24, 2.45) is 0 Å². The summed E-state index contributed by atoms with van der Waals surface area (Å²) in [6, 6.07) is 0.722. The predicted molar refractivity (Wildman–Crippen MR) is 58.9 cm³/mol. The Bertz CT molecular complexity index is 90.2. The fourth-order valence-corrected chi connectivity index (χ4v) is 2.00. The van der Waals surface area contributed by atoms with Gasteiger partial charge in [0.15, 0.2) is 0 Å². The van der Waals surface area contributed by atoms with Crippen LogP contribution in [0.5, 0.6) is 0 Å². The second-order valence-electron chi connectivity index (χ2n) is 2.80. The first-order chi connectivity index (χ1) is 5.22. The van der Waals surface area contributed by atoms with Crippen molar-refractivity contribution in [3.05, 3.63) is 0 Å². The largest absolute Gasteiger partial charge is 0.303 e. The Morgan fingerprint density at radius 1 is 1.55 bits per heavy atom. The lowest BCUT2D eigenvalue weighted by Crippen LogP contribution is -2.31. The van der Waals surface area contributed by atoms with Gasteiger partial charge in [-0.3, -0.25) is 0 Å². The van der Waals surface area contributed by atoms with Crippen molar-refractivity contribution in [1.82, 2.24) is 4.90 Å². The monoisotopic (exact) mass is 239 g/mol. The molecule has 0 aromatic rings. The van der Waals surface area contributed by atoms with Gasteiger partial charge < -0.3 is 4.90 Å². The van der Waals surface area contributed by atoms with Crippen LogP contribution in [0, 0.1) is 0 Å². The van der Waals surface area contributed by atoms with Crippen LogP contribution in [0.2, 0.25) is 0 Å². The quantitative estimate of drug-likeness (QED) is 0.656. The average Bonchev–Trinajstić information content (AvgIpc) is 2.00. The van der Waals surface area contributed by atoms with Crippen LogP contribution in [0.4, 0.5) is 0 Å². The maximum absolute atomic E-state index is 3.44. The summed E-state index contributed by atoms with van der Waals surface area (Å²) in [5, 5.41) is 1.08. The Morgan fingerprint density at radius 3 is 2.64 bits per heavy atom. The molecule has 0 fully saturated rings. The Labute approximate surface area is 83.0 Å². The third-order valence-electron chi connectivity index (χ3n) is 1.93. The lowest BCUT2D eigenvalue weighted by molar-refractivity contribution is 0.269. The fraction of sp³-hybridized carbons (Fsp3) is 1.00. The van der Waals surface area contributed by atoms with Crippen molar-refractivity contribution < 1.29 is 0 Å². The summed E-state index contributed by atoms with van der Waals surface area (Å²) >= 11 is 5.37. The molecule has 11 heavy (non-hydrogen) atoms. The van der Waals surface area contributed by atoms with Crippen molar-refractivity contribution in [3.63, 3.8) is 0 Å². The average molecular weight is 240 g/mol. The molecule has 1 atom stereocenters.